The average Bonchev–Trinajstić information content (AvgIpc) is 2.25. The van der Waals surface area contributed by atoms with E-state index < -0.39 is 0 Å². The van der Waals surface area contributed by atoms with Gasteiger partial charge in [-0.25, -0.2) is 5.48 Å². The number of aliphatic hydroxyl groups is 1. The van der Waals surface area contributed by atoms with Crippen molar-refractivity contribution in [2.24, 2.45) is 0 Å². The minimum Gasteiger partial charge on any atom is -0.394 e. The first kappa shape index (κ1) is 14.8. The molecule has 0 saturated heterocycles. The quantitative estimate of drug-likeness (QED) is 0.389. The van der Waals surface area contributed by atoms with Crippen LogP contribution in [0.4, 0.5) is 0 Å². The zero-order valence-corrected chi connectivity index (χ0v) is 9.70. The summed E-state index contributed by atoms with van der Waals surface area (Å²) in [5.74, 6) is 0. The van der Waals surface area contributed by atoms with Crippen molar-refractivity contribution in [2.45, 2.75) is 25.9 Å². The van der Waals surface area contributed by atoms with Crippen LogP contribution < -0.4 is 5.48 Å². The summed E-state index contributed by atoms with van der Waals surface area (Å²) in [5.41, 5.74) is 2.62. The summed E-state index contributed by atoms with van der Waals surface area (Å²) in [4.78, 5) is 4.96. The molecule has 0 aliphatic carbocycles. The molecule has 0 unspecified atom stereocenters. The van der Waals surface area contributed by atoms with Gasteiger partial charge < -0.3 is 19.4 Å². The van der Waals surface area contributed by atoms with E-state index in [1.807, 2.05) is 6.92 Å². The summed E-state index contributed by atoms with van der Waals surface area (Å²) in [6, 6.07) is 0. The van der Waals surface area contributed by atoms with Crippen molar-refractivity contribution in [3.05, 3.63) is 0 Å². The molecule has 0 saturated carbocycles. The second kappa shape index (κ2) is 11.9. The molecule has 15 heavy (non-hydrogen) atoms. The van der Waals surface area contributed by atoms with Crippen LogP contribution in [0.25, 0.3) is 0 Å². The van der Waals surface area contributed by atoms with Crippen LogP contribution in [0.15, 0.2) is 0 Å². The molecule has 0 bridgehead atoms. The van der Waals surface area contributed by atoms with Gasteiger partial charge in [0, 0.05) is 13.7 Å². The Hall–Kier alpha value is -0.200. The molecule has 0 rings (SSSR count). The molecule has 0 aromatic heterocycles. The third-order valence-electron chi connectivity index (χ3n) is 1.78. The monoisotopic (exact) mass is 221 g/mol. The highest BCUT2D eigenvalue weighted by Crippen LogP contribution is 1.95. The predicted octanol–water partition coefficient (Wildman–Crippen LogP) is 0.332. The van der Waals surface area contributed by atoms with E-state index in [9.17, 15) is 0 Å². The van der Waals surface area contributed by atoms with Crippen molar-refractivity contribution < 1.29 is 19.4 Å². The molecule has 5 heteroatoms. The minimum atomic E-state index is 0.0470. The molecule has 0 amide bonds. The summed E-state index contributed by atoms with van der Waals surface area (Å²) in [6.45, 7) is 4.37. The maximum absolute atomic E-state index is 8.52. The zero-order chi connectivity index (χ0) is 11.4. The van der Waals surface area contributed by atoms with E-state index in [4.69, 9.17) is 19.4 Å². The number of hydrogen-bond donors (Lipinski definition) is 2. The molecular formula is C10H23NO4. The van der Waals surface area contributed by atoms with Gasteiger partial charge in [0.1, 0.15) is 0 Å². The van der Waals surface area contributed by atoms with Gasteiger partial charge in [0.05, 0.1) is 32.5 Å². The van der Waals surface area contributed by atoms with Crippen molar-refractivity contribution >= 4 is 0 Å². The SMILES string of the molecule is CNOCCCCOC[C@@H](C)OCCO. The van der Waals surface area contributed by atoms with Gasteiger partial charge in [0.15, 0.2) is 0 Å². The van der Waals surface area contributed by atoms with Crippen LogP contribution in [0, 0.1) is 0 Å². The standard InChI is InChI=1S/C10H23NO4/c1-10(14-8-5-12)9-13-6-3-4-7-15-11-2/h10-12H,3-9H2,1-2H3/t10-/m1/s1. The van der Waals surface area contributed by atoms with Gasteiger partial charge in [0.2, 0.25) is 0 Å². The van der Waals surface area contributed by atoms with Crippen molar-refractivity contribution in [1.29, 1.82) is 0 Å². The normalized spacial score (nSPS) is 13.0. The lowest BCUT2D eigenvalue weighted by Gasteiger charge is -2.12. The number of aliphatic hydroxyl groups excluding tert-OH is 1. The number of nitrogens with one attached hydrogen (secondary N) is 1. The van der Waals surface area contributed by atoms with Crippen molar-refractivity contribution in [3.8, 4) is 0 Å². The van der Waals surface area contributed by atoms with Crippen LogP contribution in [0.5, 0.6) is 0 Å². The van der Waals surface area contributed by atoms with Gasteiger partial charge >= 0.3 is 0 Å². The first-order chi connectivity index (χ1) is 7.31. The molecule has 1 atom stereocenters. The van der Waals surface area contributed by atoms with Crippen LogP contribution in [-0.4, -0.2) is 51.3 Å². The van der Waals surface area contributed by atoms with Crippen LogP contribution in [0.3, 0.4) is 0 Å². The molecule has 92 valence electrons. The number of ether oxygens (including phenoxy) is 2. The van der Waals surface area contributed by atoms with Crippen LogP contribution >= 0.6 is 0 Å². The Kier molecular flexibility index (Phi) is 11.7. The molecular weight excluding hydrogens is 198 g/mol. The molecule has 0 heterocycles. The lowest BCUT2D eigenvalue weighted by molar-refractivity contribution is -0.0206. The van der Waals surface area contributed by atoms with E-state index in [1.165, 1.54) is 0 Å². The summed E-state index contributed by atoms with van der Waals surface area (Å²) >= 11 is 0. The van der Waals surface area contributed by atoms with Gasteiger partial charge in [0.25, 0.3) is 0 Å². The molecule has 2 N–H and O–H groups in total. The smallest absolute Gasteiger partial charge is 0.0781 e. The Bertz CT molecular complexity index is 124. The average molecular weight is 221 g/mol. The highest BCUT2D eigenvalue weighted by atomic mass is 16.6. The maximum atomic E-state index is 8.52. The fraction of sp³-hybridized carbons (Fsp3) is 1.00. The first-order valence-electron chi connectivity index (χ1n) is 5.40. The largest absolute Gasteiger partial charge is 0.394 e. The molecule has 0 aromatic carbocycles. The highest BCUT2D eigenvalue weighted by Gasteiger charge is 2.00. The Morgan fingerprint density at radius 3 is 2.60 bits per heavy atom. The topological polar surface area (TPSA) is 60.0 Å². The Labute approximate surface area is 91.7 Å². The third-order valence-corrected chi connectivity index (χ3v) is 1.78. The molecule has 0 spiro atoms. The fourth-order valence-electron chi connectivity index (χ4n) is 1.03. The van der Waals surface area contributed by atoms with Crippen LogP contribution in [0.2, 0.25) is 0 Å². The summed E-state index contributed by atoms with van der Waals surface area (Å²) in [7, 11) is 1.75. The highest BCUT2D eigenvalue weighted by molar-refractivity contribution is 4.47. The molecule has 5 nitrogen and oxygen atoms in total. The Morgan fingerprint density at radius 2 is 1.93 bits per heavy atom. The fourth-order valence-corrected chi connectivity index (χ4v) is 1.03. The van der Waals surface area contributed by atoms with Gasteiger partial charge in [-0.15, -0.1) is 0 Å². The maximum Gasteiger partial charge on any atom is 0.0781 e. The van der Waals surface area contributed by atoms with E-state index in [0.717, 1.165) is 19.4 Å². The van der Waals surface area contributed by atoms with E-state index in [1.54, 1.807) is 7.05 Å². The summed E-state index contributed by atoms with van der Waals surface area (Å²) in [6.07, 6.45) is 2.01. The molecule has 0 radical (unpaired) electrons. The number of hydrogen-bond acceptors (Lipinski definition) is 5. The van der Waals surface area contributed by atoms with Gasteiger partial charge in [-0.1, -0.05) is 0 Å². The van der Waals surface area contributed by atoms with Crippen LogP contribution in [-0.2, 0) is 14.3 Å². The van der Waals surface area contributed by atoms with Crippen molar-refractivity contribution in [3.63, 3.8) is 0 Å². The second-order valence-electron chi connectivity index (χ2n) is 3.24. The second-order valence-corrected chi connectivity index (χ2v) is 3.24. The van der Waals surface area contributed by atoms with Gasteiger partial charge in [-0.2, -0.15) is 0 Å². The number of unbranched alkanes of at least 4 members (excludes halogenated alkanes) is 1. The van der Waals surface area contributed by atoms with Crippen LogP contribution in [0.1, 0.15) is 19.8 Å². The zero-order valence-electron chi connectivity index (χ0n) is 9.70. The van der Waals surface area contributed by atoms with E-state index in [0.29, 0.717) is 19.8 Å². The summed E-state index contributed by atoms with van der Waals surface area (Å²) in [5, 5.41) is 8.52. The molecule has 0 aromatic rings. The van der Waals surface area contributed by atoms with E-state index in [-0.39, 0.29) is 12.7 Å². The summed E-state index contributed by atoms with van der Waals surface area (Å²) < 4.78 is 10.6. The molecule has 0 aliphatic rings. The minimum absolute atomic E-state index is 0.0470. The van der Waals surface area contributed by atoms with Crippen molar-refractivity contribution in [1.82, 2.24) is 5.48 Å². The third kappa shape index (κ3) is 11.7. The predicted molar refractivity (Wildman–Crippen MR) is 57.6 cm³/mol. The lowest BCUT2D eigenvalue weighted by Crippen LogP contribution is -2.18. The number of rotatable bonds is 11. The molecule has 0 fully saturated rings. The first-order valence-corrected chi connectivity index (χ1v) is 5.40. The van der Waals surface area contributed by atoms with E-state index in [2.05, 4.69) is 5.48 Å². The van der Waals surface area contributed by atoms with Gasteiger partial charge in [-0.05, 0) is 19.8 Å². The van der Waals surface area contributed by atoms with Gasteiger partial charge in [-0.3, -0.25) is 0 Å². The van der Waals surface area contributed by atoms with Crippen molar-refractivity contribution in [2.75, 3.05) is 40.1 Å². The lowest BCUT2D eigenvalue weighted by atomic mass is 10.3. The van der Waals surface area contributed by atoms with E-state index >= 15 is 0 Å². The Morgan fingerprint density at radius 1 is 1.20 bits per heavy atom. The Balaban J connectivity index is 3.02. The number of hydroxylamine groups is 1. The molecule has 0 aliphatic heterocycles.